The fraction of sp³-hybridized carbons (Fsp3) is 0.966. The van der Waals surface area contributed by atoms with E-state index in [9.17, 15) is 14.4 Å². The Balaban J connectivity index is 4.33. The number of hydrogen-bond acceptors (Lipinski definition) is 6. The zero-order chi connectivity index (χ0) is 68.6. The van der Waals surface area contributed by atoms with Crippen molar-refractivity contribution in [1.82, 2.24) is 0 Å². The predicted molar refractivity (Wildman–Crippen MR) is 418 cm³/mol. The lowest BCUT2D eigenvalue weighted by Gasteiger charge is -2.27. The molecule has 0 atom stereocenters. The average Bonchev–Trinajstić information content (AvgIpc) is 1.27. The van der Waals surface area contributed by atoms with E-state index in [1.807, 2.05) is 6.92 Å². The largest absolute Gasteiger partial charge is 0.466 e. The Bertz CT molecular complexity index is 1410. The molecule has 0 aliphatic carbocycles. The summed E-state index contributed by atoms with van der Waals surface area (Å²) in [6, 6.07) is 0. The summed E-state index contributed by atoms with van der Waals surface area (Å²) in [7, 11) is 0. The number of carbonyl (C=O) groups excluding carboxylic acids is 3. The first kappa shape index (κ1) is 93.4. The molecule has 0 fully saturated rings. The number of ether oxygens (including phenoxy) is 3. The van der Waals surface area contributed by atoms with Gasteiger partial charge >= 0.3 is 17.9 Å². The van der Waals surface area contributed by atoms with E-state index in [0.29, 0.717) is 19.4 Å². The Morgan fingerprint density at radius 2 is 0.337 bits per heavy atom. The van der Waals surface area contributed by atoms with Gasteiger partial charge in [0.05, 0.1) is 13.0 Å². The van der Waals surface area contributed by atoms with Crippen LogP contribution in [0.4, 0.5) is 0 Å². The number of carbonyl (C=O) groups is 3. The SMILES string of the molecule is CCCCCCCCCCCCCCCCCCCCCCCCCCCOC(=O)CC(C)(COC(=O)CCCCCCCCCCCCCCCCCCCCCCCCCCC)COC(=O)CCCCCCCCCCCCCCCCCCCCCCCCCCC. The van der Waals surface area contributed by atoms with Crippen molar-refractivity contribution in [1.29, 1.82) is 0 Å². The van der Waals surface area contributed by atoms with Gasteiger partial charge in [0.1, 0.15) is 13.2 Å². The van der Waals surface area contributed by atoms with E-state index < -0.39 is 5.41 Å². The first-order valence-electron chi connectivity index (χ1n) is 44.3. The van der Waals surface area contributed by atoms with Gasteiger partial charge in [-0.3, -0.25) is 14.4 Å². The molecule has 0 radical (unpaired) electrons. The van der Waals surface area contributed by atoms with Gasteiger partial charge in [-0.2, -0.15) is 0 Å². The van der Waals surface area contributed by atoms with Gasteiger partial charge in [-0.05, 0) is 19.3 Å². The summed E-state index contributed by atoms with van der Waals surface area (Å²) >= 11 is 0. The number of rotatable bonds is 84. The Hall–Kier alpha value is -1.59. The minimum absolute atomic E-state index is 0.0483. The second-order valence-electron chi connectivity index (χ2n) is 31.5. The Morgan fingerprint density at radius 1 is 0.189 bits per heavy atom. The molecule has 0 spiro atoms. The summed E-state index contributed by atoms with van der Waals surface area (Å²) < 4.78 is 17.4. The molecule has 0 saturated carbocycles. The zero-order valence-corrected chi connectivity index (χ0v) is 65.7. The van der Waals surface area contributed by atoms with Gasteiger partial charge < -0.3 is 14.2 Å². The average molecular weight is 1340 g/mol. The van der Waals surface area contributed by atoms with Crippen LogP contribution in [0.5, 0.6) is 0 Å². The van der Waals surface area contributed by atoms with E-state index in [0.717, 1.165) is 51.4 Å². The molecular weight excluding hydrogens is 1160 g/mol. The van der Waals surface area contributed by atoms with Gasteiger partial charge in [0, 0.05) is 18.3 Å². The molecule has 0 bridgehead atoms. The second-order valence-corrected chi connectivity index (χ2v) is 31.5. The van der Waals surface area contributed by atoms with Crippen LogP contribution in [-0.4, -0.2) is 37.7 Å². The molecule has 95 heavy (non-hydrogen) atoms. The van der Waals surface area contributed by atoms with Crippen LogP contribution < -0.4 is 0 Å². The Labute approximate surface area is 597 Å². The molecule has 0 aliphatic heterocycles. The van der Waals surface area contributed by atoms with Crippen molar-refractivity contribution in [3.8, 4) is 0 Å². The summed E-state index contributed by atoms with van der Waals surface area (Å²) in [5.74, 6) is -0.754. The normalized spacial score (nSPS) is 11.7. The summed E-state index contributed by atoms with van der Waals surface area (Å²) in [6.45, 7) is 9.31. The molecule has 0 aromatic rings. The highest BCUT2D eigenvalue weighted by Crippen LogP contribution is 2.26. The smallest absolute Gasteiger partial charge is 0.306 e. The molecule has 0 heterocycles. The van der Waals surface area contributed by atoms with Gasteiger partial charge in [0.2, 0.25) is 0 Å². The fourth-order valence-corrected chi connectivity index (χ4v) is 14.4. The summed E-state index contributed by atoms with van der Waals surface area (Å²) in [4.78, 5) is 39.3. The van der Waals surface area contributed by atoms with Gasteiger partial charge in [0.25, 0.3) is 0 Å². The van der Waals surface area contributed by atoms with Crippen LogP contribution in [0.2, 0.25) is 0 Å². The van der Waals surface area contributed by atoms with Crippen molar-refractivity contribution in [2.45, 2.75) is 529 Å². The lowest BCUT2D eigenvalue weighted by Crippen LogP contribution is -2.34. The van der Waals surface area contributed by atoms with Crippen molar-refractivity contribution in [2.24, 2.45) is 5.41 Å². The molecule has 0 aromatic heterocycles. The van der Waals surface area contributed by atoms with Gasteiger partial charge in [0.15, 0.2) is 0 Å². The highest BCUT2D eigenvalue weighted by atomic mass is 16.6. The van der Waals surface area contributed by atoms with Crippen LogP contribution in [0.15, 0.2) is 0 Å². The molecular formula is C89H174O6. The third-order valence-corrected chi connectivity index (χ3v) is 21.2. The van der Waals surface area contributed by atoms with Crippen LogP contribution in [0.3, 0.4) is 0 Å². The monoisotopic (exact) mass is 1340 g/mol. The van der Waals surface area contributed by atoms with E-state index in [1.54, 1.807) is 0 Å². The van der Waals surface area contributed by atoms with Crippen molar-refractivity contribution < 1.29 is 28.6 Å². The van der Waals surface area contributed by atoms with E-state index in [-0.39, 0.29) is 37.5 Å². The second kappa shape index (κ2) is 81.4. The molecule has 0 rings (SSSR count). The van der Waals surface area contributed by atoms with Gasteiger partial charge in [-0.15, -0.1) is 0 Å². The molecule has 6 heteroatoms. The third kappa shape index (κ3) is 79.6. The Kier molecular flexibility index (Phi) is 80.0. The lowest BCUT2D eigenvalue weighted by atomic mass is 9.88. The standard InChI is InChI=1S/C89H174O6/c1-5-8-11-14-17-20-23-26-29-32-35-38-41-44-47-50-53-56-59-62-65-68-71-74-77-80-86(90)94-84-89(4,83-88(92)93-82-79-76-73-70-67-64-61-58-55-52-49-46-43-40-37-34-31-28-25-22-19-16-13-10-7-3)85-95-87(91)81-78-75-72-69-66-63-60-57-54-51-48-45-42-39-36-33-30-27-24-21-18-15-12-9-6-2/h5-85H2,1-4H3. The van der Waals surface area contributed by atoms with Crippen molar-refractivity contribution in [2.75, 3.05) is 19.8 Å². The molecule has 6 nitrogen and oxygen atoms in total. The van der Waals surface area contributed by atoms with Crippen LogP contribution in [0, 0.1) is 5.41 Å². The van der Waals surface area contributed by atoms with E-state index in [4.69, 9.17) is 14.2 Å². The first-order chi connectivity index (χ1) is 46.9. The van der Waals surface area contributed by atoms with E-state index in [2.05, 4.69) is 20.8 Å². The maximum absolute atomic E-state index is 13.3. The predicted octanol–water partition coefficient (Wildman–Crippen LogP) is 31.1. The van der Waals surface area contributed by atoms with Crippen molar-refractivity contribution >= 4 is 17.9 Å². The molecule has 0 aromatic carbocycles. The fourth-order valence-electron chi connectivity index (χ4n) is 14.4. The van der Waals surface area contributed by atoms with Crippen LogP contribution >= 0.6 is 0 Å². The Morgan fingerprint density at radius 3 is 0.505 bits per heavy atom. The van der Waals surface area contributed by atoms with Crippen molar-refractivity contribution in [3.05, 3.63) is 0 Å². The topological polar surface area (TPSA) is 78.9 Å². The van der Waals surface area contributed by atoms with Gasteiger partial charge in [-0.1, -0.05) is 490 Å². The highest BCUT2D eigenvalue weighted by molar-refractivity contribution is 5.72. The number of hydrogen-bond donors (Lipinski definition) is 0. The minimum atomic E-state index is -0.827. The third-order valence-electron chi connectivity index (χ3n) is 21.2. The maximum atomic E-state index is 13.3. The summed E-state index contributed by atoms with van der Waals surface area (Å²) in [5, 5.41) is 0. The van der Waals surface area contributed by atoms with Crippen LogP contribution in [-0.2, 0) is 28.6 Å². The zero-order valence-electron chi connectivity index (χ0n) is 65.7. The van der Waals surface area contributed by atoms with Crippen LogP contribution in [0.1, 0.15) is 529 Å². The van der Waals surface area contributed by atoms with Crippen LogP contribution in [0.25, 0.3) is 0 Å². The minimum Gasteiger partial charge on any atom is -0.466 e. The van der Waals surface area contributed by atoms with E-state index in [1.165, 1.54) is 430 Å². The quantitative estimate of drug-likeness (QED) is 0.0343. The lowest BCUT2D eigenvalue weighted by molar-refractivity contribution is -0.160. The molecule has 0 aliphatic rings. The number of esters is 3. The van der Waals surface area contributed by atoms with E-state index >= 15 is 0 Å². The number of unbranched alkanes of at least 4 members (excludes halogenated alkanes) is 72. The maximum Gasteiger partial charge on any atom is 0.306 e. The first-order valence-corrected chi connectivity index (χ1v) is 44.3. The molecule has 0 saturated heterocycles. The van der Waals surface area contributed by atoms with Crippen molar-refractivity contribution in [3.63, 3.8) is 0 Å². The molecule has 0 amide bonds. The molecule has 566 valence electrons. The molecule has 0 N–H and O–H groups in total. The highest BCUT2D eigenvalue weighted by Gasteiger charge is 2.32. The summed E-state index contributed by atoms with van der Waals surface area (Å²) in [5.41, 5.74) is -0.827. The summed E-state index contributed by atoms with van der Waals surface area (Å²) in [6.07, 6.45) is 103. The van der Waals surface area contributed by atoms with Gasteiger partial charge in [-0.25, -0.2) is 0 Å². The molecule has 0 unspecified atom stereocenters.